The molecule has 0 bridgehead atoms. The number of rotatable bonds is 2. The summed E-state index contributed by atoms with van der Waals surface area (Å²) in [6.45, 7) is 2.83. The number of ketones is 1. The Bertz CT molecular complexity index is 229. The summed E-state index contributed by atoms with van der Waals surface area (Å²) in [6, 6.07) is 0. The fraction of sp³-hybridized carbons (Fsp3) is 0.778. The molecule has 0 aliphatic carbocycles. The van der Waals surface area contributed by atoms with E-state index in [0.29, 0.717) is 26.1 Å². The number of hydrogen-bond acceptors (Lipinski definition) is 4. The molecule has 1 aliphatic rings. The number of ether oxygens (including phenoxy) is 2. The Hall–Kier alpha value is -1.10. The minimum atomic E-state index is -0.492. The van der Waals surface area contributed by atoms with Gasteiger partial charge in [0, 0.05) is 20.1 Å². The lowest BCUT2D eigenvalue weighted by atomic mass is 10.1. The number of hydrogen-bond donors (Lipinski definition) is 0. The van der Waals surface area contributed by atoms with Gasteiger partial charge in [0.2, 0.25) is 0 Å². The van der Waals surface area contributed by atoms with Crippen molar-refractivity contribution in [1.29, 1.82) is 0 Å². The van der Waals surface area contributed by atoms with Crippen molar-refractivity contribution in [2.75, 3.05) is 26.8 Å². The van der Waals surface area contributed by atoms with E-state index in [1.807, 2.05) is 0 Å². The summed E-state index contributed by atoms with van der Waals surface area (Å²) < 4.78 is 9.79. The lowest BCUT2D eigenvalue weighted by Crippen LogP contribution is -2.47. The summed E-state index contributed by atoms with van der Waals surface area (Å²) in [5.74, 6) is 0.0491. The average molecular weight is 201 g/mol. The predicted octanol–water partition coefficient (Wildman–Crippen LogP) is 0.433. The van der Waals surface area contributed by atoms with Gasteiger partial charge in [-0.15, -0.1) is 0 Å². The molecule has 0 aromatic carbocycles. The summed E-state index contributed by atoms with van der Waals surface area (Å²) >= 11 is 0. The maximum atomic E-state index is 11.3. The normalized spacial score (nSPS) is 22.3. The smallest absolute Gasteiger partial charge is 0.409 e. The van der Waals surface area contributed by atoms with Gasteiger partial charge >= 0.3 is 6.09 Å². The van der Waals surface area contributed by atoms with Crippen molar-refractivity contribution in [3.05, 3.63) is 0 Å². The van der Waals surface area contributed by atoms with Crippen LogP contribution in [0.2, 0.25) is 0 Å². The van der Waals surface area contributed by atoms with Gasteiger partial charge in [0.25, 0.3) is 0 Å². The number of methoxy groups -OCH3 is 1. The van der Waals surface area contributed by atoms with Gasteiger partial charge in [-0.05, 0) is 6.92 Å². The first-order chi connectivity index (χ1) is 6.69. The molecular formula is C9H15NO4. The predicted molar refractivity (Wildman–Crippen MR) is 49.0 cm³/mol. The summed E-state index contributed by atoms with van der Waals surface area (Å²) in [4.78, 5) is 24.0. The molecule has 1 atom stereocenters. The number of likely N-dealkylation sites (tertiary alicyclic amines) is 1. The molecular weight excluding hydrogens is 186 g/mol. The van der Waals surface area contributed by atoms with Crippen molar-refractivity contribution in [3.8, 4) is 0 Å². The van der Waals surface area contributed by atoms with Crippen molar-refractivity contribution < 1.29 is 19.1 Å². The number of carbonyl (C=O) groups excluding carboxylic acids is 2. The van der Waals surface area contributed by atoms with Crippen LogP contribution in [0.3, 0.4) is 0 Å². The van der Waals surface area contributed by atoms with Gasteiger partial charge < -0.3 is 14.4 Å². The van der Waals surface area contributed by atoms with Crippen LogP contribution in [0, 0.1) is 0 Å². The molecule has 0 aromatic rings. The zero-order valence-electron chi connectivity index (χ0n) is 8.49. The molecule has 1 rings (SSSR count). The van der Waals surface area contributed by atoms with Crippen LogP contribution in [-0.2, 0) is 14.3 Å². The summed E-state index contributed by atoms with van der Waals surface area (Å²) in [6.07, 6.45) is -0.521. The van der Waals surface area contributed by atoms with Crippen LogP contribution in [0.1, 0.15) is 13.3 Å². The van der Waals surface area contributed by atoms with Crippen LogP contribution in [0.15, 0.2) is 0 Å². The quantitative estimate of drug-likeness (QED) is 0.650. The van der Waals surface area contributed by atoms with Gasteiger partial charge in [0.05, 0.1) is 13.2 Å². The Morgan fingerprint density at radius 1 is 1.64 bits per heavy atom. The first-order valence-electron chi connectivity index (χ1n) is 4.66. The highest BCUT2D eigenvalue weighted by atomic mass is 16.6. The van der Waals surface area contributed by atoms with Crippen molar-refractivity contribution in [1.82, 2.24) is 4.90 Å². The first kappa shape index (κ1) is 11.0. The molecule has 80 valence electrons. The van der Waals surface area contributed by atoms with Crippen molar-refractivity contribution in [2.45, 2.75) is 19.4 Å². The Morgan fingerprint density at radius 2 is 2.36 bits per heavy atom. The van der Waals surface area contributed by atoms with Crippen LogP contribution in [0.5, 0.6) is 0 Å². The Labute approximate surface area is 83.0 Å². The van der Waals surface area contributed by atoms with E-state index in [9.17, 15) is 9.59 Å². The van der Waals surface area contributed by atoms with Gasteiger partial charge in [-0.1, -0.05) is 0 Å². The van der Waals surface area contributed by atoms with Crippen LogP contribution >= 0.6 is 0 Å². The highest BCUT2D eigenvalue weighted by Crippen LogP contribution is 2.10. The zero-order valence-corrected chi connectivity index (χ0v) is 8.49. The van der Waals surface area contributed by atoms with E-state index in [1.54, 1.807) is 6.92 Å². The van der Waals surface area contributed by atoms with E-state index in [4.69, 9.17) is 9.47 Å². The highest BCUT2D eigenvalue weighted by Gasteiger charge is 2.30. The molecule has 0 aromatic heterocycles. The topological polar surface area (TPSA) is 55.8 Å². The van der Waals surface area contributed by atoms with Gasteiger partial charge in [-0.2, -0.15) is 0 Å². The van der Waals surface area contributed by atoms with Gasteiger partial charge in [0.15, 0.2) is 5.78 Å². The summed E-state index contributed by atoms with van der Waals surface area (Å²) in [5.41, 5.74) is 0. The average Bonchev–Trinajstić information content (AvgIpc) is 2.19. The van der Waals surface area contributed by atoms with Crippen LogP contribution in [0.4, 0.5) is 4.79 Å². The molecule has 14 heavy (non-hydrogen) atoms. The van der Waals surface area contributed by atoms with Crippen LogP contribution in [-0.4, -0.2) is 49.7 Å². The Morgan fingerprint density at radius 3 is 2.93 bits per heavy atom. The molecule has 1 saturated heterocycles. The summed E-state index contributed by atoms with van der Waals surface area (Å²) in [5, 5.41) is 0. The molecule has 1 aliphatic heterocycles. The molecule has 0 spiro atoms. The standard InChI is InChI=1S/C9H15NO4/c1-3-14-9(12)10-5-4-7(11)8(6-10)13-2/h8H,3-6H2,1-2H3. The maximum Gasteiger partial charge on any atom is 0.409 e. The van der Waals surface area contributed by atoms with E-state index in [-0.39, 0.29) is 11.9 Å². The van der Waals surface area contributed by atoms with E-state index in [0.717, 1.165) is 0 Å². The lowest BCUT2D eigenvalue weighted by molar-refractivity contribution is -0.132. The number of nitrogens with zero attached hydrogens (tertiary/aromatic N) is 1. The van der Waals surface area contributed by atoms with Gasteiger partial charge in [0.1, 0.15) is 6.10 Å². The second-order valence-corrected chi connectivity index (χ2v) is 3.09. The second-order valence-electron chi connectivity index (χ2n) is 3.09. The molecule has 0 radical (unpaired) electrons. The number of carbonyl (C=O) groups is 2. The molecule has 1 fully saturated rings. The molecule has 0 N–H and O–H groups in total. The number of amides is 1. The third-order valence-electron chi connectivity index (χ3n) is 2.18. The lowest BCUT2D eigenvalue weighted by Gasteiger charge is -2.29. The molecule has 5 nitrogen and oxygen atoms in total. The van der Waals surface area contributed by atoms with Crippen LogP contribution in [0.25, 0.3) is 0 Å². The number of Topliss-reactive ketones (excluding diaryl/α,β-unsaturated/α-hetero) is 1. The van der Waals surface area contributed by atoms with Crippen molar-refractivity contribution in [3.63, 3.8) is 0 Å². The largest absolute Gasteiger partial charge is 0.450 e. The van der Waals surface area contributed by atoms with Crippen molar-refractivity contribution in [2.24, 2.45) is 0 Å². The molecule has 1 amide bonds. The van der Waals surface area contributed by atoms with Crippen molar-refractivity contribution >= 4 is 11.9 Å². The molecule has 5 heteroatoms. The fourth-order valence-electron chi connectivity index (χ4n) is 1.39. The summed E-state index contributed by atoms with van der Waals surface area (Å²) in [7, 11) is 1.47. The highest BCUT2D eigenvalue weighted by molar-refractivity contribution is 5.85. The van der Waals surface area contributed by atoms with E-state index in [2.05, 4.69) is 0 Å². The van der Waals surface area contributed by atoms with E-state index < -0.39 is 6.10 Å². The van der Waals surface area contributed by atoms with Gasteiger partial charge in [-0.3, -0.25) is 4.79 Å². The maximum absolute atomic E-state index is 11.3. The second kappa shape index (κ2) is 4.95. The molecule has 1 heterocycles. The number of piperidine rings is 1. The zero-order chi connectivity index (χ0) is 10.6. The minimum Gasteiger partial charge on any atom is -0.450 e. The van der Waals surface area contributed by atoms with E-state index in [1.165, 1.54) is 12.0 Å². The SMILES string of the molecule is CCOC(=O)N1CCC(=O)C(OC)C1. The Kier molecular flexibility index (Phi) is 3.88. The first-order valence-corrected chi connectivity index (χ1v) is 4.66. The third-order valence-corrected chi connectivity index (χ3v) is 2.18. The van der Waals surface area contributed by atoms with Gasteiger partial charge in [-0.25, -0.2) is 4.79 Å². The monoisotopic (exact) mass is 201 g/mol. The minimum absolute atomic E-state index is 0.0491. The third kappa shape index (κ3) is 2.45. The van der Waals surface area contributed by atoms with Crippen LogP contribution < -0.4 is 0 Å². The van der Waals surface area contributed by atoms with E-state index >= 15 is 0 Å². The molecule has 0 saturated carbocycles. The Balaban J connectivity index is 2.49. The fourth-order valence-corrected chi connectivity index (χ4v) is 1.39. The molecule has 1 unspecified atom stereocenters.